The van der Waals surface area contributed by atoms with Crippen molar-refractivity contribution in [3.8, 4) is 11.1 Å². The van der Waals surface area contributed by atoms with Crippen molar-refractivity contribution in [1.29, 1.82) is 0 Å². The summed E-state index contributed by atoms with van der Waals surface area (Å²) >= 11 is 12.1. The zero-order valence-corrected chi connectivity index (χ0v) is 11.2. The SMILES string of the molecule is O=C(O)Cc1cccc(-c2c(Cl)cccc2Cl)c1F. The number of carboxylic acids is 1. The minimum absolute atomic E-state index is 0.0981. The summed E-state index contributed by atoms with van der Waals surface area (Å²) in [5, 5.41) is 9.38. The molecule has 2 rings (SSSR count). The third kappa shape index (κ3) is 2.88. The molecule has 0 bridgehead atoms. The summed E-state index contributed by atoms with van der Waals surface area (Å²) in [7, 11) is 0. The van der Waals surface area contributed by atoms with Crippen molar-refractivity contribution in [2.45, 2.75) is 6.42 Å². The zero-order chi connectivity index (χ0) is 14.0. The molecule has 0 unspecified atom stereocenters. The van der Waals surface area contributed by atoms with Crippen molar-refractivity contribution >= 4 is 29.2 Å². The first-order valence-electron chi connectivity index (χ1n) is 5.44. The Balaban J connectivity index is 2.60. The van der Waals surface area contributed by atoms with Gasteiger partial charge in [0, 0.05) is 21.2 Å². The second-order valence-corrected chi connectivity index (χ2v) is 4.76. The molecule has 0 aromatic heterocycles. The molecule has 98 valence electrons. The lowest BCUT2D eigenvalue weighted by atomic mass is 10.0. The topological polar surface area (TPSA) is 37.3 Å². The number of hydrogen-bond acceptors (Lipinski definition) is 1. The van der Waals surface area contributed by atoms with Crippen molar-refractivity contribution in [3.63, 3.8) is 0 Å². The zero-order valence-electron chi connectivity index (χ0n) is 9.66. The lowest BCUT2D eigenvalue weighted by Crippen LogP contribution is -2.03. The van der Waals surface area contributed by atoms with Gasteiger partial charge in [0.2, 0.25) is 0 Å². The van der Waals surface area contributed by atoms with E-state index in [1.165, 1.54) is 12.1 Å². The smallest absolute Gasteiger partial charge is 0.307 e. The second-order valence-electron chi connectivity index (χ2n) is 3.95. The van der Waals surface area contributed by atoms with Gasteiger partial charge in [-0.05, 0) is 17.7 Å². The summed E-state index contributed by atoms with van der Waals surface area (Å²) in [5.74, 6) is -1.71. The molecule has 2 nitrogen and oxygen atoms in total. The molecule has 1 N–H and O–H groups in total. The maximum absolute atomic E-state index is 14.3. The van der Waals surface area contributed by atoms with E-state index in [9.17, 15) is 9.18 Å². The molecular formula is C14H9Cl2FO2. The van der Waals surface area contributed by atoms with E-state index in [2.05, 4.69) is 0 Å². The highest BCUT2D eigenvalue weighted by atomic mass is 35.5. The molecule has 0 aliphatic heterocycles. The Morgan fingerprint density at radius 2 is 1.68 bits per heavy atom. The molecule has 0 amide bonds. The average molecular weight is 299 g/mol. The van der Waals surface area contributed by atoms with E-state index in [4.69, 9.17) is 28.3 Å². The molecule has 0 spiro atoms. The van der Waals surface area contributed by atoms with Gasteiger partial charge in [-0.3, -0.25) is 4.79 Å². The standard InChI is InChI=1S/C14H9Cl2FO2/c15-10-5-2-6-11(16)13(10)9-4-1-3-8(14(9)17)7-12(18)19/h1-6H,7H2,(H,18,19). The van der Waals surface area contributed by atoms with Crippen LogP contribution < -0.4 is 0 Å². The summed E-state index contributed by atoms with van der Waals surface area (Å²) in [6.45, 7) is 0. The van der Waals surface area contributed by atoms with Gasteiger partial charge in [0.15, 0.2) is 0 Å². The molecule has 2 aromatic carbocycles. The van der Waals surface area contributed by atoms with Gasteiger partial charge in [-0.25, -0.2) is 4.39 Å². The monoisotopic (exact) mass is 298 g/mol. The van der Waals surface area contributed by atoms with Gasteiger partial charge in [0.1, 0.15) is 5.82 Å². The summed E-state index contributed by atoms with van der Waals surface area (Å²) in [6.07, 6.45) is -0.387. The number of carboxylic acid groups (broad SMARTS) is 1. The minimum atomic E-state index is -1.10. The van der Waals surface area contributed by atoms with Gasteiger partial charge < -0.3 is 5.11 Å². The van der Waals surface area contributed by atoms with Gasteiger partial charge in [-0.1, -0.05) is 47.5 Å². The van der Waals surface area contributed by atoms with Crippen molar-refractivity contribution in [2.24, 2.45) is 0 Å². The largest absolute Gasteiger partial charge is 0.481 e. The van der Waals surface area contributed by atoms with Crippen LogP contribution in [-0.2, 0) is 11.2 Å². The Morgan fingerprint density at radius 1 is 1.11 bits per heavy atom. The Morgan fingerprint density at radius 3 is 2.26 bits per heavy atom. The Labute approximate surface area is 119 Å². The summed E-state index contributed by atoms with van der Waals surface area (Å²) in [5.41, 5.74) is 0.672. The molecule has 0 fully saturated rings. The van der Waals surface area contributed by atoms with Crippen LogP contribution in [0.2, 0.25) is 10.0 Å². The first kappa shape index (κ1) is 13.8. The van der Waals surface area contributed by atoms with Gasteiger partial charge in [0.25, 0.3) is 0 Å². The third-order valence-electron chi connectivity index (χ3n) is 2.65. The molecule has 0 saturated heterocycles. The quantitative estimate of drug-likeness (QED) is 0.910. The van der Waals surface area contributed by atoms with E-state index in [-0.39, 0.29) is 17.5 Å². The second kappa shape index (κ2) is 5.59. The highest BCUT2D eigenvalue weighted by Crippen LogP contribution is 2.36. The molecule has 0 heterocycles. The van der Waals surface area contributed by atoms with Crippen LogP contribution in [0.25, 0.3) is 11.1 Å². The van der Waals surface area contributed by atoms with Crippen LogP contribution in [0.15, 0.2) is 36.4 Å². The summed E-state index contributed by atoms with van der Waals surface area (Å²) < 4.78 is 14.3. The predicted molar refractivity (Wildman–Crippen MR) is 73.2 cm³/mol. The first-order chi connectivity index (χ1) is 9.00. The average Bonchev–Trinajstić information content (AvgIpc) is 2.33. The maximum Gasteiger partial charge on any atom is 0.307 e. The van der Waals surface area contributed by atoms with E-state index < -0.39 is 11.8 Å². The normalized spacial score (nSPS) is 10.5. The molecule has 2 aromatic rings. The van der Waals surface area contributed by atoms with E-state index in [0.717, 1.165) is 0 Å². The predicted octanol–water partition coefficient (Wildman–Crippen LogP) is 4.43. The molecular weight excluding hydrogens is 290 g/mol. The molecule has 0 radical (unpaired) electrons. The number of carbonyl (C=O) groups is 1. The molecule has 5 heteroatoms. The highest BCUT2D eigenvalue weighted by molar-refractivity contribution is 6.39. The third-order valence-corrected chi connectivity index (χ3v) is 3.28. The molecule has 0 atom stereocenters. The number of benzene rings is 2. The lowest BCUT2D eigenvalue weighted by Gasteiger charge is -2.10. The maximum atomic E-state index is 14.3. The van der Waals surface area contributed by atoms with Crippen molar-refractivity contribution in [3.05, 3.63) is 57.8 Å². The first-order valence-corrected chi connectivity index (χ1v) is 6.20. The number of halogens is 3. The fourth-order valence-corrected chi connectivity index (χ4v) is 2.43. The highest BCUT2D eigenvalue weighted by Gasteiger charge is 2.16. The Kier molecular flexibility index (Phi) is 4.08. The molecule has 0 saturated carbocycles. The fraction of sp³-hybridized carbons (Fsp3) is 0.0714. The molecule has 19 heavy (non-hydrogen) atoms. The summed E-state index contributed by atoms with van der Waals surface area (Å²) in [4.78, 5) is 10.7. The number of aliphatic carboxylic acids is 1. The van der Waals surface area contributed by atoms with Crippen LogP contribution in [0.4, 0.5) is 4.39 Å². The van der Waals surface area contributed by atoms with E-state index in [1.54, 1.807) is 24.3 Å². The number of rotatable bonds is 3. The van der Waals surface area contributed by atoms with Crippen LogP contribution in [0.3, 0.4) is 0 Å². The van der Waals surface area contributed by atoms with Crippen molar-refractivity contribution in [2.75, 3.05) is 0 Å². The van der Waals surface area contributed by atoms with E-state index in [1.807, 2.05) is 0 Å². The lowest BCUT2D eigenvalue weighted by molar-refractivity contribution is -0.136. The Bertz CT molecular complexity index is 621. The van der Waals surface area contributed by atoms with Crippen LogP contribution in [-0.4, -0.2) is 11.1 Å². The van der Waals surface area contributed by atoms with Gasteiger partial charge in [-0.15, -0.1) is 0 Å². The van der Waals surface area contributed by atoms with Crippen molar-refractivity contribution in [1.82, 2.24) is 0 Å². The molecule has 0 aliphatic carbocycles. The minimum Gasteiger partial charge on any atom is -0.481 e. The van der Waals surface area contributed by atoms with Crippen LogP contribution >= 0.6 is 23.2 Å². The van der Waals surface area contributed by atoms with Gasteiger partial charge in [-0.2, -0.15) is 0 Å². The fourth-order valence-electron chi connectivity index (χ4n) is 1.83. The van der Waals surface area contributed by atoms with E-state index >= 15 is 0 Å². The van der Waals surface area contributed by atoms with Crippen LogP contribution in [0.1, 0.15) is 5.56 Å². The van der Waals surface area contributed by atoms with Crippen LogP contribution in [0, 0.1) is 5.82 Å². The number of hydrogen-bond donors (Lipinski definition) is 1. The van der Waals surface area contributed by atoms with E-state index in [0.29, 0.717) is 15.6 Å². The van der Waals surface area contributed by atoms with Gasteiger partial charge in [0.05, 0.1) is 6.42 Å². The van der Waals surface area contributed by atoms with Crippen LogP contribution in [0.5, 0.6) is 0 Å². The Hall–Kier alpha value is -1.58. The van der Waals surface area contributed by atoms with Crippen molar-refractivity contribution < 1.29 is 14.3 Å². The summed E-state index contributed by atoms with van der Waals surface area (Å²) in [6, 6.07) is 9.40. The van der Waals surface area contributed by atoms with Gasteiger partial charge >= 0.3 is 5.97 Å². The molecule has 0 aliphatic rings.